The number of aliphatic hydroxyl groups excluding tert-OH is 1. The maximum absolute atomic E-state index is 12.7. The zero-order chi connectivity index (χ0) is 19.5. The molecule has 148 valence electrons. The van der Waals surface area contributed by atoms with Gasteiger partial charge in [-0.25, -0.2) is 15.8 Å². The Hall–Kier alpha value is -2.55. The van der Waals surface area contributed by atoms with Gasteiger partial charge in [0.15, 0.2) is 0 Å². The first-order valence-electron chi connectivity index (χ1n) is 9.67. The van der Waals surface area contributed by atoms with Crippen LogP contribution in [0.25, 0.3) is 0 Å². The van der Waals surface area contributed by atoms with E-state index in [4.69, 9.17) is 0 Å². The number of carbonyl (C=O) groups excluding carboxylic acids is 1. The van der Waals surface area contributed by atoms with Crippen LogP contribution < -0.4 is 21.1 Å². The number of benzene rings is 1. The largest absolute Gasteiger partial charge is 0.389 e. The number of nitrogens with one attached hydrogen (secondary N) is 3. The molecule has 2 fully saturated rings. The van der Waals surface area contributed by atoms with Crippen LogP contribution in [0, 0.1) is 6.92 Å². The van der Waals surface area contributed by atoms with E-state index in [0.29, 0.717) is 25.9 Å². The van der Waals surface area contributed by atoms with Crippen molar-refractivity contribution in [3.8, 4) is 0 Å². The highest BCUT2D eigenvalue weighted by atomic mass is 16.3. The van der Waals surface area contributed by atoms with E-state index in [0.717, 1.165) is 11.4 Å². The van der Waals surface area contributed by atoms with Crippen LogP contribution in [0.1, 0.15) is 30.0 Å². The quantitative estimate of drug-likeness (QED) is 0.609. The molecule has 8 heteroatoms. The molecule has 4 N–H and O–H groups in total. The highest BCUT2D eigenvalue weighted by molar-refractivity contribution is 5.82. The van der Waals surface area contributed by atoms with Crippen molar-refractivity contribution in [3.05, 3.63) is 54.0 Å². The number of carbonyl (C=O) groups is 1. The van der Waals surface area contributed by atoms with Gasteiger partial charge in [0.25, 0.3) is 0 Å². The SMILES string of the molecule is Cc1ccc(C2CC(C(=O)N[C@@H]3CCN(c4cnccn4)C[C@H]3O)NN2)cc1. The van der Waals surface area contributed by atoms with Crippen LogP contribution in [0.2, 0.25) is 0 Å². The van der Waals surface area contributed by atoms with E-state index in [1.807, 2.05) is 4.90 Å². The molecule has 0 bridgehead atoms. The van der Waals surface area contributed by atoms with Gasteiger partial charge in [-0.2, -0.15) is 0 Å². The molecule has 0 radical (unpaired) electrons. The summed E-state index contributed by atoms with van der Waals surface area (Å²) < 4.78 is 0. The monoisotopic (exact) mass is 382 g/mol. The number of piperidine rings is 1. The third-order valence-corrected chi connectivity index (χ3v) is 5.48. The zero-order valence-corrected chi connectivity index (χ0v) is 15.9. The minimum Gasteiger partial charge on any atom is -0.389 e. The summed E-state index contributed by atoms with van der Waals surface area (Å²) in [6.45, 7) is 3.19. The van der Waals surface area contributed by atoms with E-state index in [1.165, 1.54) is 5.56 Å². The Bertz CT molecular complexity index is 800. The van der Waals surface area contributed by atoms with Gasteiger partial charge in [-0.05, 0) is 25.3 Å². The molecule has 0 aliphatic carbocycles. The topological polar surface area (TPSA) is 102 Å². The van der Waals surface area contributed by atoms with Gasteiger partial charge in [-0.15, -0.1) is 0 Å². The number of amides is 1. The fourth-order valence-corrected chi connectivity index (χ4v) is 3.79. The fraction of sp³-hybridized carbons (Fsp3) is 0.450. The third-order valence-electron chi connectivity index (χ3n) is 5.48. The Morgan fingerprint density at radius 2 is 2.07 bits per heavy atom. The molecular formula is C20H26N6O2. The predicted molar refractivity (Wildman–Crippen MR) is 105 cm³/mol. The van der Waals surface area contributed by atoms with Gasteiger partial charge >= 0.3 is 0 Å². The van der Waals surface area contributed by atoms with Crippen LogP contribution in [-0.4, -0.2) is 52.3 Å². The molecule has 4 rings (SSSR count). The van der Waals surface area contributed by atoms with Crippen LogP contribution in [0.15, 0.2) is 42.9 Å². The minimum atomic E-state index is -0.651. The molecule has 0 spiro atoms. The average Bonchev–Trinajstić information content (AvgIpc) is 3.21. The van der Waals surface area contributed by atoms with Crippen LogP contribution in [0.3, 0.4) is 0 Å². The number of anilines is 1. The van der Waals surface area contributed by atoms with Gasteiger partial charge < -0.3 is 15.3 Å². The summed E-state index contributed by atoms with van der Waals surface area (Å²) in [5, 5.41) is 13.5. The molecule has 1 amide bonds. The molecule has 1 aromatic carbocycles. The van der Waals surface area contributed by atoms with Gasteiger partial charge in [0.2, 0.25) is 5.91 Å². The summed E-state index contributed by atoms with van der Waals surface area (Å²) in [5.41, 5.74) is 8.66. The molecule has 2 aromatic rings. The van der Waals surface area contributed by atoms with Crippen molar-refractivity contribution in [3.63, 3.8) is 0 Å². The van der Waals surface area contributed by atoms with Crippen molar-refractivity contribution in [2.24, 2.45) is 0 Å². The minimum absolute atomic E-state index is 0.0842. The summed E-state index contributed by atoms with van der Waals surface area (Å²) in [5.74, 6) is 0.660. The normalized spacial score (nSPS) is 27.6. The third kappa shape index (κ3) is 4.14. The number of aromatic nitrogens is 2. The van der Waals surface area contributed by atoms with Crippen molar-refractivity contribution in [1.29, 1.82) is 0 Å². The van der Waals surface area contributed by atoms with Crippen molar-refractivity contribution >= 4 is 11.7 Å². The fourth-order valence-electron chi connectivity index (χ4n) is 3.79. The van der Waals surface area contributed by atoms with Gasteiger partial charge in [0, 0.05) is 31.5 Å². The van der Waals surface area contributed by atoms with E-state index < -0.39 is 6.10 Å². The standard InChI is InChI=1S/C20H26N6O2/c1-13-2-4-14(5-3-13)16-10-17(25-24-16)20(28)23-15-6-9-26(12-18(15)27)19-11-21-7-8-22-19/h2-5,7-8,11,15-18,24-25,27H,6,9-10,12H2,1H3,(H,23,28)/t15-,16?,17?,18-/m1/s1. The van der Waals surface area contributed by atoms with Crippen molar-refractivity contribution in [1.82, 2.24) is 26.1 Å². The summed E-state index contributed by atoms with van der Waals surface area (Å²) in [4.78, 5) is 23.0. The van der Waals surface area contributed by atoms with Gasteiger partial charge in [0.1, 0.15) is 11.9 Å². The van der Waals surface area contributed by atoms with Crippen LogP contribution in [0.5, 0.6) is 0 Å². The lowest BCUT2D eigenvalue weighted by Gasteiger charge is -2.37. The number of hydrogen-bond acceptors (Lipinski definition) is 7. The molecule has 1 aromatic heterocycles. The lowest BCUT2D eigenvalue weighted by Crippen LogP contribution is -2.57. The molecule has 2 saturated heterocycles. The van der Waals surface area contributed by atoms with Crippen LogP contribution in [0.4, 0.5) is 5.82 Å². The second-order valence-corrected chi connectivity index (χ2v) is 7.52. The highest BCUT2D eigenvalue weighted by Gasteiger charge is 2.34. The maximum atomic E-state index is 12.7. The molecule has 28 heavy (non-hydrogen) atoms. The second kappa shape index (κ2) is 8.22. The molecule has 2 unspecified atom stereocenters. The number of hydrazine groups is 1. The zero-order valence-electron chi connectivity index (χ0n) is 15.9. The smallest absolute Gasteiger partial charge is 0.238 e. The molecule has 2 aliphatic heterocycles. The van der Waals surface area contributed by atoms with E-state index in [9.17, 15) is 9.90 Å². The number of aliphatic hydroxyl groups is 1. The first kappa shape index (κ1) is 18.8. The van der Waals surface area contributed by atoms with Crippen molar-refractivity contribution < 1.29 is 9.90 Å². The Morgan fingerprint density at radius 1 is 1.25 bits per heavy atom. The molecule has 8 nitrogen and oxygen atoms in total. The summed E-state index contributed by atoms with van der Waals surface area (Å²) in [6.07, 6.45) is 5.62. The lowest BCUT2D eigenvalue weighted by molar-refractivity contribution is -0.124. The molecular weight excluding hydrogens is 356 g/mol. The number of aryl methyl sites for hydroxylation is 1. The molecule has 3 heterocycles. The average molecular weight is 382 g/mol. The van der Waals surface area contributed by atoms with Crippen molar-refractivity contribution in [2.45, 2.75) is 44.0 Å². The van der Waals surface area contributed by atoms with Crippen LogP contribution in [-0.2, 0) is 4.79 Å². The Kier molecular flexibility index (Phi) is 5.52. The number of rotatable bonds is 4. The summed E-state index contributed by atoms with van der Waals surface area (Å²) >= 11 is 0. The van der Waals surface area contributed by atoms with E-state index in [1.54, 1.807) is 18.6 Å². The first-order chi connectivity index (χ1) is 13.6. The second-order valence-electron chi connectivity index (χ2n) is 7.52. The predicted octanol–water partition coefficient (Wildman–Crippen LogP) is 0.449. The number of nitrogens with zero attached hydrogens (tertiary/aromatic N) is 3. The molecule has 4 atom stereocenters. The lowest BCUT2D eigenvalue weighted by atomic mass is 9.99. The summed E-state index contributed by atoms with van der Waals surface area (Å²) in [6, 6.07) is 7.83. The number of β-amino-alcohol motifs (C(OH)–C–C–N with tert-alkyl or cyclic N) is 1. The Morgan fingerprint density at radius 3 is 2.79 bits per heavy atom. The highest BCUT2D eigenvalue weighted by Crippen LogP contribution is 2.23. The molecule has 0 saturated carbocycles. The van der Waals surface area contributed by atoms with Crippen molar-refractivity contribution in [2.75, 3.05) is 18.0 Å². The van der Waals surface area contributed by atoms with E-state index in [-0.39, 0.29) is 24.0 Å². The van der Waals surface area contributed by atoms with Gasteiger partial charge in [0.05, 0.1) is 18.3 Å². The van der Waals surface area contributed by atoms with E-state index in [2.05, 4.69) is 57.3 Å². The maximum Gasteiger partial charge on any atom is 0.238 e. The molecule has 2 aliphatic rings. The summed E-state index contributed by atoms with van der Waals surface area (Å²) in [7, 11) is 0. The first-order valence-corrected chi connectivity index (χ1v) is 9.67. The number of hydrogen-bond donors (Lipinski definition) is 4. The van der Waals surface area contributed by atoms with Crippen LogP contribution >= 0.6 is 0 Å². The van der Waals surface area contributed by atoms with Gasteiger partial charge in [-0.3, -0.25) is 9.78 Å². The Balaban J connectivity index is 1.30. The Labute approximate surface area is 164 Å². The van der Waals surface area contributed by atoms with E-state index >= 15 is 0 Å². The van der Waals surface area contributed by atoms with Gasteiger partial charge in [-0.1, -0.05) is 29.8 Å².